The van der Waals surface area contributed by atoms with Crippen LogP contribution in [0.3, 0.4) is 0 Å². The van der Waals surface area contributed by atoms with E-state index in [9.17, 15) is 4.57 Å². The Balaban J connectivity index is 3.81. The summed E-state index contributed by atoms with van der Waals surface area (Å²) in [6.07, 6.45) is 0.624. The van der Waals surface area contributed by atoms with Crippen molar-refractivity contribution < 1.29 is 14.0 Å². The molecule has 0 aromatic heterocycles. The quantitative estimate of drug-likeness (QED) is 0.690. The molecule has 0 saturated carbocycles. The molecule has 3 nitrogen and oxygen atoms in total. The van der Waals surface area contributed by atoms with Gasteiger partial charge in [0.05, 0.1) is 6.10 Å². The molecule has 0 fully saturated rings. The first kappa shape index (κ1) is 11.5. The molecule has 0 spiro atoms. The average molecular weight is 198 g/mol. The summed E-state index contributed by atoms with van der Waals surface area (Å²) in [5.74, 6) is 0.601. The van der Waals surface area contributed by atoms with Crippen molar-refractivity contribution in [3.05, 3.63) is 0 Å². The van der Waals surface area contributed by atoms with Crippen molar-refractivity contribution in [3.8, 4) is 0 Å². The Bertz CT molecular complexity index is 151. The summed E-state index contributed by atoms with van der Waals surface area (Å²) in [6, 6.07) is 0. The van der Waals surface area contributed by atoms with E-state index in [4.69, 9.17) is 9.42 Å². The highest BCUT2D eigenvalue weighted by molar-refractivity contribution is 8.54. The summed E-state index contributed by atoms with van der Waals surface area (Å²) in [5, 5.41) is 0. The van der Waals surface area contributed by atoms with Crippen LogP contribution in [0.1, 0.15) is 27.2 Å². The van der Waals surface area contributed by atoms with Gasteiger partial charge in [0.25, 0.3) is 0 Å². The van der Waals surface area contributed by atoms with Crippen LogP contribution >= 0.6 is 18.2 Å². The van der Waals surface area contributed by atoms with Gasteiger partial charge >= 0.3 is 6.80 Å². The number of hydrogen-bond acceptors (Lipinski definition) is 3. The Kier molecular flexibility index (Phi) is 5.44. The second kappa shape index (κ2) is 5.20. The summed E-state index contributed by atoms with van der Waals surface area (Å²) in [4.78, 5) is 9.11. The van der Waals surface area contributed by atoms with E-state index in [1.54, 1.807) is 6.92 Å². The van der Waals surface area contributed by atoms with E-state index in [1.165, 1.54) is 0 Å². The molecule has 0 radical (unpaired) electrons. The molecule has 2 atom stereocenters. The molecule has 0 aromatic carbocycles. The fourth-order valence-electron chi connectivity index (χ4n) is 0.496. The topological polar surface area (TPSA) is 46.5 Å². The maximum Gasteiger partial charge on any atom is 0.386 e. The maximum absolute atomic E-state index is 11.1. The van der Waals surface area contributed by atoms with Crippen LogP contribution in [0.25, 0.3) is 0 Å². The zero-order valence-electron chi connectivity index (χ0n) is 7.11. The standard InChI is InChI=1S/C6H15O3PS/c1-4-6(3)9-10(7,8)11-5-2/h6H,4-5H2,1-3H3,(H,7,8). The van der Waals surface area contributed by atoms with Crippen molar-refractivity contribution in [3.63, 3.8) is 0 Å². The van der Waals surface area contributed by atoms with Gasteiger partial charge in [-0.05, 0) is 24.7 Å². The van der Waals surface area contributed by atoms with Crippen LogP contribution in [0.15, 0.2) is 0 Å². The lowest BCUT2D eigenvalue weighted by atomic mass is 10.3. The van der Waals surface area contributed by atoms with Crippen molar-refractivity contribution in [1.29, 1.82) is 0 Å². The van der Waals surface area contributed by atoms with Gasteiger partial charge in [0, 0.05) is 5.75 Å². The van der Waals surface area contributed by atoms with E-state index in [0.29, 0.717) is 5.75 Å². The number of rotatable bonds is 5. The second-order valence-electron chi connectivity index (χ2n) is 2.21. The van der Waals surface area contributed by atoms with Gasteiger partial charge < -0.3 is 4.89 Å². The van der Waals surface area contributed by atoms with E-state index in [-0.39, 0.29) is 6.10 Å². The van der Waals surface area contributed by atoms with Crippen molar-refractivity contribution in [2.45, 2.75) is 33.3 Å². The Morgan fingerprint density at radius 1 is 1.64 bits per heavy atom. The first-order valence-corrected chi connectivity index (χ1v) is 6.84. The predicted molar refractivity (Wildman–Crippen MR) is 48.8 cm³/mol. The SMILES string of the molecule is CCSP(=O)(O)OC(C)CC. The second-order valence-corrected chi connectivity index (χ2v) is 6.35. The lowest BCUT2D eigenvalue weighted by molar-refractivity contribution is 0.197. The van der Waals surface area contributed by atoms with Crippen LogP contribution in [0.4, 0.5) is 0 Å². The fraction of sp³-hybridized carbons (Fsp3) is 1.00. The van der Waals surface area contributed by atoms with Crippen molar-refractivity contribution >= 4 is 18.2 Å². The van der Waals surface area contributed by atoms with Crippen LogP contribution in [-0.4, -0.2) is 16.8 Å². The van der Waals surface area contributed by atoms with Crippen molar-refractivity contribution in [2.24, 2.45) is 0 Å². The van der Waals surface area contributed by atoms with Crippen LogP contribution < -0.4 is 0 Å². The monoisotopic (exact) mass is 198 g/mol. The molecule has 0 aliphatic heterocycles. The summed E-state index contributed by atoms with van der Waals surface area (Å²) in [6.45, 7) is 2.19. The molecule has 0 amide bonds. The van der Waals surface area contributed by atoms with Crippen LogP contribution in [0.5, 0.6) is 0 Å². The van der Waals surface area contributed by atoms with Gasteiger partial charge in [-0.15, -0.1) is 0 Å². The molecule has 2 unspecified atom stereocenters. The highest BCUT2D eigenvalue weighted by atomic mass is 32.7. The Morgan fingerprint density at radius 2 is 2.18 bits per heavy atom. The van der Waals surface area contributed by atoms with Crippen molar-refractivity contribution in [2.75, 3.05) is 5.75 Å². The van der Waals surface area contributed by atoms with Gasteiger partial charge in [0.15, 0.2) is 0 Å². The van der Waals surface area contributed by atoms with E-state index < -0.39 is 6.80 Å². The van der Waals surface area contributed by atoms with E-state index in [0.717, 1.165) is 17.8 Å². The van der Waals surface area contributed by atoms with E-state index in [2.05, 4.69) is 0 Å². The summed E-state index contributed by atoms with van der Waals surface area (Å²) in [5.41, 5.74) is 0. The molecule has 5 heteroatoms. The molecule has 0 aromatic rings. The predicted octanol–water partition coefficient (Wildman–Crippen LogP) is 2.66. The van der Waals surface area contributed by atoms with Crippen molar-refractivity contribution in [1.82, 2.24) is 0 Å². The zero-order chi connectivity index (χ0) is 8.91. The van der Waals surface area contributed by atoms with E-state index in [1.807, 2.05) is 13.8 Å². The minimum absolute atomic E-state index is 0.134. The zero-order valence-corrected chi connectivity index (χ0v) is 8.82. The average Bonchev–Trinajstić information content (AvgIpc) is 1.86. The Morgan fingerprint density at radius 3 is 2.55 bits per heavy atom. The van der Waals surface area contributed by atoms with Gasteiger partial charge in [-0.3, -0.25) is 4.52 Å². The van der Waals surface area contributed by atoms with Gasteiger partial charge in [-0.2, -0.15) is 0 Å². The third kappa shape index (κ3) is 5.74. The van der Waals surface area contributed by atoms with Gasteiger partial charge in [-0.25, -0.2) is 4.57 Å². The minimum atomic E-state index is -3.35. The molecule has 11 heavy (non-hydrogen) atoms. The van der Waals surface area contributed by atoms with Gasteiger partial charge in [0.1, 0.15) is 0 Å². The summed E-state index contributed by atoms with van der Waals surface area (Å²) >= 11 is 0.966. The molecular weight excluding hydrogens is 183 g/mol. The summed E-state index contributed by atoms with van der Waals surface area (Å²) in [7, 11) is 0. The van der Waals surface area contributed by atoms with Gasteiger partial charge in [0.2, 0.25) is 0 Å². The smallest absolute Gasteiger partial charge is 0.316 e. The largest absolute Gasteiger partial charge is 0.386 e. The molecule has 0 aliphatic carbocycles. The Hall–Kier alpha value is 0.500. The highest BCUT2D eigenvalue weighted by Gasteiger charge is 2.21. The third-order valence-electron chi connectivity index (χ3n) is 1.18. The number of hydrogen-bond donors (Lipinski definition) is 1. The van der Waals surface area contributed by atoms with Crippen LogP contribution in [0.2, 0.25) is 0 Å². The first-order valence-electron chi connectivity index (χ1n) is 3.67. The molecule has 1 N–H and O–H groups in total. The lowest BCUT2D eigenvalue weighted by Gasteiger charge is -2.14. The van der Waals surface area contributed by atoms with Crippen LogP contribution in [0, 0.1) is 0 Å². The molecule has 68 valence electrons. The molecule has 0 bridgehead atoms. The molecule has 0 heterocycles. The van der Waals surface area contributed by atoms with E-state index >= 15 is 0 Å². The molecule has 0 saturated heterocycles. The molecule has 0 aliphatic rings. The van der Waals surface area contributed by atoms with Crippen LogP contribution in [-0.2, 0) is 9.09 Å². The lowest BCUT2D eigenvalue weighted by Crippen LogP contribution is -2.02. The molecular formula is C6H15O3PS. The Labute approximate surface area is 71.8 Å². The first-order chi connectivity index (χ1) is 5.02. The summed E-state index contributed by atoms with van der Waals surface area (Å²) < 4.78 is 16.0. The minimum Gasteiger partial charge on any atom is -0.316 e. The fourth-order valence-corrected chi connectivity index (χ4v) is 3.09. The molecule has 0 rings (SSSR count). The normalized spacial score (nSPS) is 19.3. The van der Waals surface area contributed by atoms with Gasteiger partial charge in [-0.1, -0.05) is 13.8 Å². The third-order valence-corrected chi connectivity index (χ3v) is 4.40. The highest BCUT2D eigenvalue weighted by Crippen LogP contribution is 2.56. The maximum atomic E-state index is 11.1.